The molecule has 0 heterocycles. The Morgan fingerprint density at radius 1 is 0.333 bits per heavy atom. The van der Waals surface area contributed by atoms with E-state index in [4.69, 9.17) is 0 Å². The van der Waals surface area contributed by atoms with Gasteiger partial charge in [-0.2, -0.15) is 0 Å². The van der Waals surface area contributed by atoms with Crippen LogP contribution in [0.3, 0.4) is 0 Å². The summed E-state index contributed by atoms with van der Waals surface area (Å²) < 4.78 is 10.2. The number of unbranched alkanes of at least 4 members (excludes halogenated alkanes) is 6. The molecule has 4 aromatic rings. The third-order valence-corrected chi connectivity index (χ3v) is 31.7. The topological polar surface area (TPSA) is 34.1 Å². The van der Waals surface area contributed by atoms with E-state index in [1.54, 1.807) is 50.9 Å². The number of carbonyl (C=O) groups excluding carboxylic acids is 2. The van der Waals surface area contributed by atoms with Crippen molar-refractivity contribution in [3.8, 4) is 0 Å². The Morgan fingerprint density at radius 3 is 0.667 bits per heavy atom. The van der Waals surface area contributed by atoms with Gasteiger partial charge in [0.2, 0.25) is 0 Å². The summed E-state index contributed by atoms with van der Waals surface area (Å²) in [6, 6.07) is 39.1. The number of hydrogen-bond acceptors (Lipinski definition) is 2. The van der Waals surface area contributed by atoms with Crippen molar-refractivity contribution in [1.82, 2.24) is 0 Å². The van der Waals surface area contributed by atoms with Crippen LogP contribution in [0.5, 0.6) is 0 Å². The van der Waals surface area contributed by atoms with E-state index < -0.39 is 39.5 Å². The molecule has 5 heteroatoms. The molecular formula is C58H84O2PdSn2. The van der Waals surface area contributed by atoms with Crippen LogP contribution >= 0.6 is 0 Å². The van der Waals surface area contributed by atoms with E-state index in [9.17, 15) is 9.59 Å². The van der Waals surface area contributed by atoms with Gasteiger partial charge < -0.3 is 0 Å². The largest absolute Gasteiger partial charge is 0.290 e. The van der Waals surface area contributed by atoms with Gasteiger partial charge in [0, 0.05) is 20.4 Å². The van der Waals surface area contributed by atoms with Crippen molar-refractivity contribution in [2.24, 2.45) is 0 Å². The third-order valence-electron chi connectivity index (χ3n) is 10.8. The summed E-state index contributed by atoms with van der Waals surface area (Å²) >= 11 is -1.93. The standard InChI is InChI=1S/2C17H14O.6C4H9.Pd.2Sn.2H/c2*18-17(13-11-15-7-3-1-4-8-15)14-12-16-9-5-2-6-10-16;6*1-3-4-2;;;;;/h2*1-14H;6*1,3-4H2,2H3;;;;;/b2*13-11-,14-12+;;;;;;;;;;;. The van der Waals surface area contributed by atoms with Crippen molar-refractivity contribution in [1.29, 1.82) is 0 Å². The molecule has 0 unspecified atom stereocenters. The molecular weight excluding hydrogens is 1070 g/mol. The fourth-order valence-corrected chi connectivity index (χ4v) is 28.7. The second-order valence-corrected chi connectivity index (χ2v) is 36.1. The fraction of sp³-hybridized carbons (Fsp3) is 0.414. The van der Waals surface area contributed by atoms with Gasteiger partial charge in [0.1, 0.15) is 0 Å². The van der Waals surface area contributed by atoms with Gasteiger partial charge in [-0.3, -0.25) is 9.59 Å². The Bertz CT molecular complexity index is 1470. The molecule has 0 aromatic heterocycles. The predicted octanol–water partition coefficient (Wildman–Crippen LogP) is 17.2. The van der Waals surface area contributed by atoms with E-state index in [0.717, 1.165) is 22.3 Å². The number of ketones is 2. The molecule has 4 aromatic carbocycles. The van der Waals surface area contributed by atoms with Crippen LogP contribution in [0.25, 0.3) is 24.3 Å². The first-order valence-corrected chi connectivity index (χ1v) is 38.4. The zero-order valence-electron chi connectivity index (χ0n) is 40.2. The molecule has 0 saturated carbocycles. The van der Waals surface area contributed by atoms with Gasteiger partial charge in [-0.25, -0.2) is 0 Å². The summed E-state index contributed by atoms with van der Waals surface area (Å²) in [4.78, 5) is 23.2. The molecule has 0 aliphatic carbocycles. The first-order valence-electron chi connectivity index (χ1n) is 24.4. The molecule has 0 saturated heterocycles. The van der Waals surface area contributed by atoms with Crippen molar-refractivity contribution in [3.05, 3.63) is 168 Å². The SMILES string of the molecule is CCC[CH2][SnH]([CH2]CCC)[CH2]CCC.CCC[CH2][SnH]([CH2]CCC)[CH2]CCC.O=C(/C=C\c1ccccc1)/C=C/c1ccccc1.O=C(/C=C\c1ccccc1)/C=C/c1ccccc1.[Pd]. The molecule has 2 nitrogen and oxygen atoms in total. The number of carbonyl (C=O) groups is 2. The molecule has 0 aliphatic rings. The Kier molecular flexibility index (Phi) is 42.8. The first-order chi connectivity index (χ1) is 30.4. The first kappa shape index (κ1) is 60.4. The monoisotopic (exact) mass is 1160 g/mol. The summed E-state index contributed by atoms with van der Waals surface area (Å²) in [7, 11) is 0. The van der Waals surface area contributed by atoms with Gasteiger partial charge in [0.05, 0.1) is 0 Å². The van der Waals surface area contributed by atoms with Crippen molar-refractivity contribution in [2.45, 2.75) is 145 Å². The van der Waals surface area contributed by atoms with Gasteiger partial charge in [0.15, 0.2) is 11.6 Å². The van der Waals surface area contributed by atoms with E-state index >= 15 is 0 Å². The van der Waals surface area contributed by atoms with E-state index in [0.29, 0.717) is 0 Å². The summed E-state index contributed by atoms with van der Waals surface area (Å²) in [6.07, 6.45) is 31.3. The molecule has 0 bridgehead atoms. The molecule has 0 amide bonds. The zero-order chi connectivity index (χ0) is 45.1. The number of hydrogen-bond donors (Lipinski definition) is 0. The van der Waals surface area contributed by atoms with Crippen molar-refractivity contribution in [3.63, 3.8) is 0 Å². The summed E-state index contributed by atoms with van der Waals surface area (Å²) in [5.74, 6) is -0.0228. The van der Waals surface area contributed by atoms with Crippen LogP contribution < -0.4 is 0 Å². The maximum Gasteiger partial charge on any atom is 0.178 e. The van der Waals surface area contributed by atoms with Crippen molar-refractivity contribution in [2.75, 3.05) is 0 Å². The normalized spacial score (nSPS) is 10.9. The molecule has 63 heavy (non-hydrogen) atoms. The quantitative estimate of drug-likeness (QED) is 0.0464. The number of benzene rings is 4. The van der Waals surface area contributed by atoms with Crippen molar-refractivity contribution < 1.29 is 30.0 Å². The Hall–Kier alpha value is -2.56. The van der Waals surface area contributed by atoms with Gasteiger partial charge >= 0.3 is 185 Å². The Morgan fingerprint density at radius 2 is 0.508 bits per heavy atom. The van der Waals surface area contributed by atoms with Gasteiger partial charge in [-0.15, -0.1) is 0 Å². The second kappa shape index (κ2) is 44.6. The molecule has 0 N–H and O–H groups in total. The average molecular weight is 1160 g/mol. The number of allylic oxidation sites excluding steroid dienone is 4. The fourth-order valence-electron chi connectivity index (χ4n) is 6.90. The van der Waals surface area contributed by atoms with Crippen LogP contribution in [-0.4, -0.2) is 51.1 Å². The molecule has 0 radical (unpaired) electrons. The molecule has 0 atom stereocenters. The maximum absolute atomic E-state index is 11.6. The maximum atomic E-state index is 11.6. The van der Waals surface area contributed by atoms with E-state index in [1.807, 2.05) is 146 Å². The van der Waals surface area contributed by atoms with Crippen LogP contribution in [0.2, 0.25) is 26.6 Å². The summed E-state index contributed by atoms with van der Waals surface area (Å²) in [5.41, 5.74) is 4.11. The van der Waals surface area contributed by atoms with Gasteiger partial charge in [0.25, 0.3) is 0 Å². The summed E-state index contributed by atoms with van der Waals surface area (Å²) in [5, 5.41) is 0. The number of rotatable bonds is 26. The van der Waals surface area contributed by atoms with Gasteiger partial charge in [-0.05, 0) is 46.6 Å². The minimum absolute atomic E-state index is 0. The summed E-state index contributed by atoms with van der Waals surface area (Å²) in [6.45, 7) is 14.0. The van der Waals surface area contributed by atoms with Crippen LogP contribution in [0.1, 0.15) is 141 Å². The van der Waals surface area contributed by atoms with Gasteiger partial charge in [-0.1, -0.05) is 146 Å². The predicted molar refractivity (Wildman–Crippen MR) is 285 cm³/mol. The van der Waals surface area contributed by atoms with E-state index in [2.05, 4.69) is 41.5 Å². The van der Waals surface area contributed by atoms with E-state index in [1.165, 1.54) is 77.0 Å². The molecule has 0 aliphatic heterocycles. The van der Waals surface area contributed by atoms with Crippen LogP contribution in [0.15, 0.2) is 146 Å². The van der Waals surface area contributed by atoms with Crippen LogP contribution in [0, 0.1) is 0 Å². The minimum Gasteiger partial charge on any atom is -0.290 e. The molecule has 0 fully saturated rings. The molecule has 346 valence electrons. The Labute approximate surface area is 414 Å². The Balaban J connectivity index is 0.000000821. The van der Waals surface area contributed by atoms with E-state index in [-0.39, 0.29) is 32.0 Å². The van der Waals surface area contributed by atoms with Crippen molar-refractivity contribution >= 4 is 75.4 Å². The van der Waals surface area contributed by atoms with Crippen LogP contribution in [0.4, 0.5) is 0 Å². The molecule has 0 spiro atoms. The second-order valence-electron chi connectivity index (χ2n) is 16.4. The van der Waals surface area contributed by atoms with Crippen LogP contribution in [-0.2, 0) is 30.0 Å². The minimum atomic E-state index is -0.967. The zero-order valence-corrected chi connectivity index (χ0v) is 48.3. The molecule has 4 rings (SSSR count). The average Bonchev–Trinajstić information content (AvgIpc) is 3.33. The smallest absolute Gasteiger partial charge is 0.178 e. The third kappa shape index (κ3) is 36.4.